The van der Waals surface area contributed by atoms with E-state index in [0.29, 0.717) is 18.9 Å². The number of carboxylic acid groups (broad SMARTS) is 1. The van der Waals surface area contributed by atoms with Gasteiger partial charge in [-0.15, -0.1) is 0 Å². The molecule has 21 heavy (non-hydrogen) atoms. The summed E-state index contributed by atoms with van der Waals surface area (Å²) in [6.07, 6.45) is 0.454. The lowest BCUT2D eigenvalue weighted by Gasteiger charge is -2.36. The molecule has 0 amide bonds. The van der Waals surface area contributed by atoms with E-state index in [1.54, 1.807) is 19.1 Å². The Morgan fingerprint density at radius 3 is 2.62 bits per heavy atom. The summed E-state index contributed by atoms with van der Waals surface area (Å²) in [5.41, 5.74) is -1.49. The summed E-state index contributed by atoms with van der Waals surface area (Å²) in [4.78, 5) is 28.5. The topological polar surface area (TPSA) is 100.0 Å². The molecule has 0 saturated carbocycles. The van der Waals surface area contributed by atoms with Gasteiger partial charge in [0, 0.05) is 25.9 Å². The van der Waals surface area contributed by atoms with Crippen LogP contribution in [-0.2, 0) is 9.53 Å². The summed E-state index contributed by atoms with van der Waals surface area (Å²) in [5.74, 6) is -1.16. The van der Waals surface area contributed by atoms with Crippen molar-refractivity contribution < 1.29 is 24.5 Å². The van der Waals surface area contributed by atoms with Crippen LogP contribution in [0.25, 0.3) is 0 Å². The molecule has 1 saturated heterocycles. The van der Waals surface area contributed by atoms with Crippen LogP contribution in [0.4, 0.5) is 5.82 Å². The molecule has 0 unspecified atom stereocenters. The van der Waals surface area contributed by atoms with Crippen molar-refractivity contribution in [3.63, 3.8) is 0 Å². The van der Waals surface area contributed by atoms with E-state index in [1.807, 2.05) is 4.90 Å². The first kappa shape index (κ1) is 15.2. The van der Waals surface area contributed by atoms with Crippen molar-refractivity contribution >= 4 is 17.8 Å². The predicted molar refractivity (Wildman–Crippen MR) is 74.2 cm³/mol. The van der Waals surface area contributed by atoms with Crippen LogP contribution in [0.5, 0.6) is 0 Å². The van der Waals surface area contributed by atoms with Gasteiger partial charge in [-0.25, -0.2) is 14.6 Å². The summed E-state index contributed by atoms with van der Waals surface area (Å²) >= 11 is 0. The fraction of sp³-hybridized carbons (Fsp3) is 0.500. The number of ether oxygens (including phenoxy) is 1. The van der Waals surface area contributed by atoms with Crippen LogP contribution >= 0.6 is 0 Å². The monoisotopic (exact) mass is 294 g/mol. The summed E-state index contributed by atoms with van der Waals surface area (Å²) in [6.45, 7) is 2.74. The maximum absolute atomic E-state index is 11.7. The number of anilines is 1. The Morgan fingerprint density at radius 1 is 1.38 bits per heavy atom. The minimum absolute atomic E-state index is 0.0290. The maximum atomic E-state index is 11.7. The number of aliphatic hydroxyl groups is 1. The van der Waals surface area contributed by atoms with Gasteiger partial charge < -0.3 is 19.8 Å². The fourth-order valence-corrected chi connectivity index (χ4v) is 2.29. The van der Waals surface area contributed by atoms with E-state index in [4.69, 9.17) is 9.84 Å². The number of hydrogen-bond acceptors (Lipinski definition) is 6. The molecule has 2 rings (SSSR count). The van der Waals surface area contributed by atoms with Crippen molar-refractivity contribution in [3.05, 3.63) is 23.9 Å². The largest absolute Gasteiger partial charge is 0.477 e. The van der Waals surface area contributed by atoms with E-state index >= 15 is 0 Å². The lowest BCUT2D eigenvalue weighted by atomic mass is 9.91. The predicted octanol–water partition coefficient (Wildman–Crippen LogP) is 0.674. The molecule has 7 nitrogen and oxygen atoms in total. The Hall–Kier alpha value is -2.15. The van der Waals surface area contributed by atoms with Crippen LogP contribution < -0.4 is 4.90 Å². The highest BCUT2D eigenvalue weighted by molar-refractivity contribution is 5.85. The molecule has 0 bridgehead atoms. The van der Waals surface area contributed by atoms with Gasteiger partial charge in [-0.2, -0.15) is 0 Å². The van der Waals surface area contributed by atoms with Crippen LogP contribution in [0.1, 0.15) is 30.3 Å². The quantitative estimate of drug-likeness (QED) is 0.787. The number of carbonyl (C=O) groups excluding carboxylic acids is 1. The summed E-state index contributed by atoms with van der Waals surface area (Å²) < 4.78 is 4.88. The van der Waals surface area contributed by atoms with Crippen LogP contribution in [0.3, 0.4) is 0 Å². The standard InChI is InChI=1S/C14H18N2O5/c1-2-21-13(19)14(20)6-8-16(9-7-14)11-5-3-4-10(15-11)12(17)18/h3-5,20H,2,6-9H2,1H3,(H,17,18). The van der Waals surface area contributed by atoms with Gasteiger partial charge in [0.15, 0.2) is 11.3 Å². The Balaban J connectivity index is 2.05. The number of hydrogen-bond donors (Lipinski definition) is 2. The Morgan fingerprint density at radius 2 is 2.05 bits per heavy atom. The van der Waals surface area contributed by atoms with Crippen molar-refractivity contribution in [2.24, 2.45) is 0 Å². The van der Waals surface area contributed by atoms with Gasteiger partial charge in [-0.05, 0) is 19.1 Å². The molecule has 114 valence electrons. The van der Waals surface area contributed by atoms with Crippen molar-refractivity contribution in [2.75, 3.05) is 24.6 Å². The van der Waals surface area contributed by atoms with Gasteiger partial charge in [0.25, 0.3) is 0 Å². The maximum Gasteiger partial charge on any atom is 0.354 e. The molecule has 1 aromatic rings. The second kappa shape index (κ2) is 6.09. The molecule has 2 heterocycles. The molecule has 1 aliphatic heterocycles. The van der Waals surface area contributed by atoms with Crippen LogP contribution in [0.2, 0.25) is 0 Å². The third-order valence-corrected chi connectivity index (χ3v) is 3.52. The normalized spacial score (nSPS) is 17.3. The number of piperidine rings is 1. The molecule has 1 fully saturated rings. The molecule has 7 heteroatoms. The van der Waals surface area contributed by atoms with E-state index in [0.717, 1.165) is 0 Å². The lowest BCUT2D eigenvalue weighted by Crippen LogP contribution is -2.50. The van der Waals surface area contributed by atoms with Gasteiger partial charge in [-0.3, -0.25) is 0 Å². The number of carbonyl (C=O) groups is 2. The second-order valence-corrected chi connectivity index (χ2v) is 4.93. The van der Waals surface area contributed by atoms with Gasteiger partial charge >= 0.3 is 11.9 Å². The fourth-order valence-electron chi connectivity index (χ4n) is 2.29. The molecule has 2 N–H and O–H groups in total. The molecule has 0 aromatic carbocycles. The Bertz CT molecular complexity index is 538. The first-order valence-electron chi connectivity index (χ1n) is 6.81. The molecule has 0 spiro atoms. The third kappa shape index (κ3) is 3.30. The summed E-state index contributed by atoms with van der Waals surface area (Å²) in [6, 6.07) is 4.75. The van der Waals surface area contributed by atoms with Crippen molar-refractivity contribution in [1.29, 1.82) is 0 Å². The number of rotatable bonds is 4. The molecule has 0 atom stereocenters. The zero-order chi connectivity index (χ0) is 15.5. The lowest BCUT2D eigenvalue weighted by molar-refractivity contribution is -0.167. The number of aromatic nitrogens is 1. The molecule has 1 aromatic heterocycles. The van der Waals surface area contributed by atoms with Crippen molar-refractivity contribution in [2.45, 2.75) is 25.4 Å². The first-order valence-corrected chi connectivity index (χ1v) is 6.81. The highest BCUT2D eigenvalue weighted by Gasteiger charge is 2.41. The first-order chi connectivity index (χ1) is 9.96. The van der Waals surface area contributed by atoms with Gasteiger partial charge in [-0.1, -0.05) is 6.07 Å². The number of nitrogens with zero attached hydrogens (tertiary/aromatic N) is 2. The number of carboxylic acids is 1. The van der Waals surface area contributed by atoms with E-state index in [2.05, 4.69) is 4.98 Å². The SMILES string of the molecule is CCOC(=O)C1(O)CCN(c2cccc(C(=O)O)n2)CC1. The average Bonchev–Trinajstić information content (AvgIpc) is 2.48. The van der Waals surface area contributed by atoms with E-state index < -0.39 is 17.5 Å². The van der Waals surface area contributed by atoms with Gasteiger partial charge in [0.1, 0.15) is 5.82 Å². The number of pyridine rings is 1. The summed E-state index contributed by atoms with van der Waals surface area (Å²) in [5, 5.41) is 19.2. The molecule has 0 aliphatic carbocycles. The summed E-state index contributed by atoms with van der Waals surface area (Å²) in [7, 11) is 0. The van der Waals surface area contributed by atoms with Crippen LogP contribution in [0.15, 0.2) is 18.2 Å². The molecular weight excluding hydrogens is 276 g/mol. The van der Waals surface area contributed by atoms with Gasteiger partial charge in [0.05, 0.1) is 6.61 Å². The van der Waals surface area contributed by atoms with Crippen molar-refractivity contribution in [3.8, 4) is 0 Å². The zero-order valence-corrected chi connectivity index (χ0v) is 11.8. The third-order valence-electron chi connectivity index (χ3n) is 3.52. The molecule has 0 radical (unpaired) electrons. The smallest absolute Gasteiger partial charge is 0.354 e. The minimum atomic E-state index is -1.46. The van der Waals surface area contributed by atoms with Gasteiger partial charge in [0.2, 0.25) is 0 Å². The van der Waals surface area contributed by atoms with E-state index in [9.17, 15) is 14.7 Å². The molecule has 1 aliphatic rings. The highest BCUT2D eigenvalue weighted by Crippen LogP contribution is 2.26. The molecular formula is C14H18N2O5. The number of aromatic carboxylic acids is 1. The van der Waals surface area contributed by atoms with E-state index in [-0.39, 0.29) is 25.1 Å². The average molecular weight is 294 g/mol. The van der Waals surface area contributed by atoms with Crippen LogP contribution in [0, 0.1) is 0 Å². The Labute approximate surface area is 122 Å². The van der Waals surface area contributed by atoms with Crippen molar-refractivity contribution in [1.82, 2.24) is 4.98 Å². The zero-order valence-electron chi connectivity index (χ0n) is 11.8. The second-order valence-electron chi connectivity index (χ2n) is 4.93. The van der Waals surface area contributed by atoms with E-state index in [1.165, 1.54) is 6.07 Å². The highest BCUT2D eigenvalue weighted by atomic mass is 16.5. The van der Waals surface area contributed by atoms with Crippen LogP contribution in [-0.4, -0.2) is 52.4 Å². The Kier molecular flexibility index (Phi) is 4.42. The number of esters is 1. The minimum Gasteiger partial charge on any atom is -0.477 e.